The van der Waals surface area contributed by atoms with Crippen LogP contribution in [0, 0.1) is 0 Å². The molecule has 2 aromatic rings. The standard InChI is InChI=1S/C27H34N2O5/c1-5-6-18-34-20-14-12-19(13-15-20)25(30)23-24(21-10-7-8-11-22(21)33-4)29(27(32)26(23)31)17-9-16-28(2)3/h7-8,10-15,24,30H,5-6,9,16-18H2,1-4H3/b25-23-. The van der Waals surface area contributed by atoms with E-state index in [4.69, 9.17) is 9.47 Å². The number of Topliss-reactive ketones (excluding diaryl/α,β-unsaturated/α-hetero) is 1. The molecule has 182 valence electrons. The topological polar surface area (TPSA) is 79.3 Å². The fourth-order valence-corrected chi connectivity index (χ4v) is 4.08. The quantitative estimate of drug-likeness (QED) is 0.231. The number of nitrogens with zero attached hydrogens (tertiary/aromatic N) is 2. The highest BCUT2D eigenvalue weighted by Crippen LogP contribution is 2.42. The van der Waals surface area contributed by atoms with Crippen molar-refractivity contribution in [2.45, 2.75) is 32.2 Å². The van der Waals surface area contributed by atoms with Gasteiger partial charge in [0.15, 0.2) is 0 Å². The van der Waals surface area contributed by atoms with Crippen LogP contribution in [0.5, 0.6) is 11.5 Å². The molecule has 1 amide bonds. The molecule has 7 nitrogen and oxygen atoms in total. The predicted molar refractivity (Wildman–Crippen MR) is 132 cm³/mol. The molecule has 7 heteroatoms. The van der Waals surface area contributed by atoms with Gasteiger partial charge in [-0.3, -0.25) is 9.59 Å². The molecule has 1 N–H and O–H groups in total. The highest BCUT2D eigenvalue weighted by atomic mass is 16.5. The lowest BCUT2D eigenvalue weighted by molar-refractivity contribution is -0.140. The van der Waals surface area contributed by atoms with E-state index in [9.17, 15) is 14.7 Å². The maximum Gasteiger partial charge on any atom is 0.295 e. The summed E-state index contributed by atoms with van der Waals surface area (Å²) >= 11 is 0. The molecule has 0 saturated carbocycles. The Kier molecular flexibility index (Phi) is 8.71. The van der Waals surface area contributed by atoms with Crippen molar-refractivity contribution in [1.82, 2.24) is 9.80 Å². The number of ether oxygens (including phenoxy) is 2. The number of carbonyl (C=O) groups is 2. The molecule has 2 aromatic carbocycles. The van der Waals surface area contributed by atoms with Gasteiger partial charge in [-0.1, -0.05) is 31.5 Å². The molecular formula is C27H34N2O5. The van der Waals surface area contributed by atoms with Gasteiger partial charge >= 0.3 is 0 Å². The molecule has 1 aliphatic heterocycles. The van der Waals surface area contributed by atoms with E-state index in [0.717, 1.165) is 19.4 Å². The number of aliphatic hydroxyl groups is 1. The summed E-state index contributed by atoms with van der Waals surface area (Å²) in [4.78, 5) is 29.8. The summed E-state index contributed by atoms with van der Waals surface area (Å²) in [6, 6.07) is 13.5. The Bertz CT molecular complexity index is 1030. The van der Waals surface area contributed by atoms with E-state index < -0.39 is 17.7 Å². The van der Waals surface area contributed by atoms with Crippen LogP contribution in [0.4, 0.5) is 0 Å². The highest BCUT2D eigenvalue weighted by molar-refractivity contribution is 6.46. The second-order valence-corrected chi connectivity index (χ2v) is 8.62. The van der Waals surface area contributed by atoms with E-state index >= 15 is 0 Å². The Labute approximate surface area is 201 Å². The Morgan fingerprint density at radius 2 is 1.76 bits per heavy atom. The number of ketones is 1. The molecular weight excluding hydrogens is 432 g/mol. The van der Waals surface area contributed by atoms with Gasteiger partial charge in [-0.05, 0) is 63.8 Å². The lowest BCUT2D eigenvalue weighted by Crippen LogP contribution is -2.32. The molecule has 3 rings (SSSR count). The van der Waals surface area contributed by atoms with Gasteiger partial charge in [0.1, 0.15) is 17.3 Å². The second-order valence-electron chi connectivity index (χ2n) is 8.62. The van der Waals surface area contributed by atoms with E-state index in [1.165, 1.54) is 4.90 Å². The molecule has 0 aromatic heterocycles. The lowest BCUT2D eigenvalue weighted by atomic mass is 9.94. The van der Waals surface area contributed by atoms with E-state index in [1.54, 1.807) is 37.4 Å². The number of hydrogen-bond donors (Lipinski definition) is 1. The van der Waals surface area contributed by atoms with E-state index in [1.807, 2.05) is 37.2 Å². The van der Waals surface area contributed by atoms with Crippen LogP contribution in [-0.4, -0.2) is 67.5 Å². The molecule has 1 fully saturated rings. The van der Waals surface area contributed by atoms with Crippen molar-refractivity contribution >= 4 is 17.4 Å². The number of likely N-dealkylation sites (tertiary alicyclic amines) is 1. The number of hydrogen-bond acceptors (Lipinski definition) is 6. The third-order valence-electron chi connectivity index (χ3n) is 5.87. The van der Waals surface area contributed by atoms with Crippen LogP contribution in [0.2, 0.25) is 0 Å². The van der Waals surface area contributed by atoms with Crippen molar-refractivity contribution in [3.05, 3.63) is 65.2 Å². The summed E-state index contributed by atoms with van der Waals surface area (Å²) < 4.78 is 11.2. The van der Waals surface area contributed by atoms with Gasteiger partial charge < -0.3 is 24.4 Å². The monoisotopic (exact) mass is 466 g/mol. The minimum absolute atomic E-state index is 0.0685. The number of amides is 1. The number of aliphatic hydroxyl groups excluding tert-OH is 1. The van der Waals surface area contributed by atoms with Gasteiger partial charge in [-0.25, -0.2) is 0 Å². The van der Waals surface area contributed by atoms with Gasteiger partial charge in [-0.15, -0.1) is 0 Å². The number of benzene rings is 2. The van der Waals surface area contributed by atoms with Crippen LogP contribution in [0.3, 0.4) is 0 Å². The summed E-state index contributed by atoms with van der Waals surface area (Å²) in [6.07, 6.45) is 2.68. The van der Waals surface area contributed by atoms with E-state index in [-0.39, 0.29) is 11.3 Å². The Morgan fingerprint density at radius 3 is 2.41 bits per heavy atom. The predicted octanol–water partition coefficient (Wildman–Crippen LogP) is 4.25. The molecule has 0 radical (unpaired) electrons. The fourth-order valence-electron chi connectivity index (χ4n) is 4.08. The zero-order valence-corrected chi connectivity index (χ0v) is 20.4. The van der Waals surface area contributed by atoms with Gasteiger partial charge in [0.25, 0.3) is 11.7 Å². The van der Waals surface area contributed by atoms with Gasteiger partial charge in [0.2, 0.25) is 0 Å². The van der Waals surface area contributed by atoms with Crippen LogP contribution < -0.4 is 9.47 Å². The number of unbranched alkanes of at least 4 members (excludes halogenated alkanes) is 1. The summed E-state index contributed by atoms with van der Waals surface area (Å²) in [7, 11) is 5.47. The first-order chi connectivity index (χ1) is 16.4. The van der Waals surface area contributed by atoms with Gasteiger partial charge in [0, 0.05) is 17.7 Å². The maximum atomic E-state index is 13.2. The van der Waals surface area contributed by atoms with Crippen molar-refractivity contribution in [2.24, 2.45) is 0 Å². The Balaban J connectivity index is 2.02. The molecule has 1 atom stereocenters. The minimum Gasteiger partial charge on any atom is -0.507 e. The van der Waals surface area contributed by atoms with Gasteiger partial charge in [-0.2, -0.15) is 0 Å². The van der Waals surface area contributed by atoms with E-state index in [2.05, 4.69) is 6.92 Å². The SMILES string of the molecule is CCCCOc1ccc(/C(O)=C2/C(=O)C(=O)N(CCCN(C)C)C2c2ccccc2OC)cc1. The summed E-state index contributed by atoms with van der Waals surface area (Å²) in [6.45, 7) is 3.86. The first-order valence-corrected chi connectivity index (χ1v) is 11.7. The zero-order chi connectivity index (χ0) is 24.7. The maximum absolute atomic E-state index is 13.2. The van der Waals surface area contributed by atoms with Crippen molar-refractivity contribution in [3.8, 4) is 11.5 Å². The lowest BCUT2D eigenvalue weighted by Gasteiger charge is -2.27. The fraction of sp³-hybridized carbons (Fsp3) is 0.407. The van der Waals surface area contributed by atoms with Crippen molar-refractivity contribution in [2.75, 3.05) is 40.9 Å². The number of carbonyl (C=O) groups excluding carboxylic acids is 2. The molecule has 1 saturated heterocycles. The third kappa shape index (κ3) is 5.59. The zero-order valence-electron chi connectivity index (χ0n) is 20.4. The molecule has 34 heavy (non-hydrogen) atoms. The summed E-state index contributed by atoms with van der Waals surface area (Å²) in [5, 5.41) is 11.2. The molecule has 0 aliphatic carbocycles. The van der Waals surface area contributed by atoms with Crippen LogP contribution in [-0.2, 0) is 9.59 Å². The Hall–Kier alpha value is -3.32. The van der Waals surface area contributed by atoms with Crippen LogP contribution in [0.15, 0.2) is 54.1 Å². The first-order valence-electron chi connectivity index (χ1n) is 11.7. The van der Waals surface area contributed by atoms with Crippen LogP contribution in [0.1, 0.15) is 43.4 Å². The number of rotatable bonds is 11. The molecule has 1 heterocycles. The van der Waals surface area contributed by atoms with Crippen LogP contribution in [0.25, 0.3) is 5.76 Å². The number of para-hydroxylation sites is 1. The molecule has 0 spiro atoms. The van der Waals surface area contributed by atoms with Crippen molar-refractivity contribution < 1.29 is 24.2 Å². The molecule has 1 unspecified atom stereocenters. The largest absolute Gasteiger partial charge is 0.507 e. The van der Waals surface area contributed by atoms with E-state index in [0.29, 0.717) is 42.2 Å². The van der Waals surface area contributed by atoms with Crippen molar-refractivity contribution in [3.63, 3.8) is 0 Å². The highest BCUT2D eigenvalue weighted by Gasteiger charge is 2.46. The summed E-state index contributed by atoms with van der Waals surface area (Å²) in [5.41, 5.74) is 1.18. The molecule has 1 aliphatic rings. The number of methoxy groups -OCH3 is 1. The minimum atomic E-state index is -0.737. The van der Waals surface area contributed by atoms with Gasteiger partial charge in [0.05, 0.1) is 25.3 Å². The smallest absolute Gasteiger partial charge is 0.295 e. The average molecular weight is 467 g/mol. The molecule has 0 bridgehead atoms. The first kappa shape index (κ1) is 25.3. The van der Waals surface area contributed by atoms with Crippen LogP contribution >= 0.6 is 0 Å². The summed E-state index contributed by atoms with van der Waals surface area (Å²) in [5.74, 6) is -0.269. The van der Waals surface area contributed by atoms with Crippen molar-refractivity contribution in [1.29, 1.82) is 0 Å². The normalized spacial score (nSPS) is 17.4. The Morgan fingerprint density at radius 1 is 1.06 bits per heavy atom. The average Bonchev–Trinajstić information content (AvgIpc) is 3.09. The second kappa shape index (κ2) is 11.7. The third-order valence-corrected chi connectivity index (χ3v) is 5.87.